The standard InChI is InChI=1S/C58H92O5/c1-3-5-7-9-11-13-15-16-17-18-19-20-21-22-23-24-25-26-27-28-29-30-31-32-33-34-35-36-37-38-39-40-41-42-43-45-47-49-51-53-58(61)63-56(54-59)55-62-57(60)52-50-48-46-44-14-12-10-8-6-4-2/h5,7-8,10-11,13,16-17,19-20,22-23,25-26,28-29,31-32,34-35,37-38,56,59H,3-4,6,9,12,14-15,18,21,24,27,30,33,36,39-55H2,1-2H3/b7-5-,10-8-,13-11-,17-16-,20-19-,23-22-,26-25-,29-28-,32-31-,35-34-,38-37-. The lowest BCUT2D eigenvalue weighted by Gasteiger charge is -2.15. The molecule has 0 bridgehead atoms. The van der Waals surface area contributed by atoms with Crippen LogP contribution in [-0.4, -0.2) is 36.4 Å². The van der Waals surface area contributed by atoms with Gasteiger partial charge < -0.3 is 14.6 Å². The smallest absolute Gasteiger partial charge is 0.306 e. The summed E-state index contributed by atoms with van der Waals surface area (Å²) in [6.07, 6.45) is 78.4. The number of allylic oxidation sites excluding steroid dienone is 22. The highest BCUT2D eigenvalue weighted by molar-refractivity contribution is 5.70. The summed E-state index contributed by atoms with van der Waals surface area (Å²) >= 11 is 0. The van der Waals surface area contributed by atoms with Crippen molar-refractivity contribution in [1.82, 2.24) is 0 Å². The van der Waals surface area contributed by atoms with E-state index in [4.69, 9.17) is 9.47 Å². The Morgan fingerprint density at radius 2 is 0.683 bits per heavy atom. The van der Waals surface area contributed by atoms with Crippen molar-refractivity contribution in [3.63, 3.8) is 0 Å². The number of carbonyl (C=O) groups is 2. The van der Waals surface area contributed by atoms with E-state index in [2.05, 4.69) is 148 Å². The second-order valence-electron chi connectivity index (χ2n) is 16.2. The van der Waals surface area contributed by atoms with Crippen molar-refractivity contribution in [2.24, 2.45) is 0 Å². The average Bonchev–Trinajstić information content (AvgIpc) is 3.29. The third-order valence-corrected chi connectivity index (χ3v) is 10.2. The predicted molar refractivity (Wildman–Crippen MR) is 274 cm³/mol. The minimum atomic E-state index is -0.786. The lowest BCUT2D eigenvalue weighted by Crippen LogP contribution is -2.28. The molecule has 354 valence electrons. The van der Waals surface area contributed by atoms with E-state index in [0.717, 1.165) is 122 Å². The molecule has 0 heterocycles. The topological polar surface area (TPSA) is 72.8 Å². The van der Waals surface area contributed by atoms with Gasteiger partial charge in [-0.1, -0.05) is 212 Å². The molecule has 0 aliphatic carbocycles. The second-order valence-corrected chi connectivity index (χ2v) is 16.2. The summed E-state index contributed by atoms with van der Waals surface area (Å²) in [4.78, 5) is 24.3. The van der Waals surface area contributed by atoms with Crippen molar-refractivity contribution in [3.8, 4) is 0 Å². The Kier molecular flexibility index (Phi) is 49.1. The summed E-state index contributed by atoms with van der Waals surface area (Å²) in [6.45, 7) is 3.93. The van der Waals surface area contributed by atoms with Gasteiger partial charge in [0.15, 0.2) is 6.10 Å². The van der Waals surface area contributed by atoms with E-state index in [1.165, 1.54) is 51.4 Å². The van der Waals surface area contributed by atoms with Gasteiger partial charge in [-0.15, -0.1) is 0 Å². The Morgan fingerprint density at radius 3 is 1.05 bits per heavy atom. The molecule has 1 N–H and O–H groups in total. The summed E-state index contributed by atoms with van der Waals surface area (Å²) in [6, 6.07) is 0. The lowest BCUT2D eigenvalue weighted by atomic mass is 10.1. The van der Waals surface area contributed by atoms with Gasteiger partial charge >= 0.3 is 11.9 Å². The number of hydrogen-bond acceptors (Lipinski definition) is 5. The molecule has 0 aliphatic heterocycles. The summed E-state index contributed by atoms with van der Waals surface area (Å²) in [5.74, 6) is -0.623. The number of aliphatic hydroxyl groups is 1. The summed E-state index contributed by atoms with van der Waals surface area (Å²) in [5.41, 5.74) is 0. The molecule has 0 rings (SSSR count). The molecular formula is C58H92O5. The number of unbranched alkanes of at least 4 members (excludes halogenated alkanes) is 14. The van der Waals surface area contributed by atoms with Gasteiger partial charge in [0.2, 0.25) is 0 Å². The first kappa shape index (κ1) is 59.0. The van der Waals surface area contributed by atoms with Crippen LogP contribution in [0.2, 0.25) is 0 Å². The fourth-order valence-electron chi connectivity index (χ4n) is 6.41. The molecule has 0 aromatic heterocycles. The maximum absolute atomic E-state index is 12.2. The van der Waals surface area contributed by atoms with Crippen LogP contribution in [0, 0.1) is 0 Å². The molecule has 0 aromatic carbocycles. The molecule has 63 heavy (non-hydrogen) atoms. The highest BCUT2D eigenvalue weighted by Crippen LogP contribution is 2.13. The first-order chi connectivity index (χ1) is 31.1. The van der Waals surface area contributed by atoms with Crippen LogP contribution < -0.4 is 0 Å². The maximum atomic E-state index is 12.2. The zero-order valence-corrected chi connectivity index (χ0v) is 40.3. The quantitative estimate of drug-likeness (QED) is 0.0375. The van der Waals surface area contributed by atoms with E-state index in [-0.39, 0.29) is 25.2 Å². The Balaban J connectivity index is 3.62. The van der Waals surface area contributed by atoms with E-state index in [1.54, 1.807) is 0 Å². The molecular weight excluding hydrogens is 777 g/mol. The van der Waals surface area contributed by atoms with E-state index in [9.17, 15) is 14.7 Å². The van der Waals surface area contributed by atoms with Crippen molar-refractivity contribution >= 4 is 11.9 Å². The number of aliphatic hydroxyl groups excluding tert-OH is 1. The van der Waals surface area contributed by atoms with Crippen LogP contribution in [0.25, 0.3) is 0 Å². The Bertz CT molecular complexity index is 1350. The highest BCUT2D eigenvalue weighted by atomic mass is 16.6. The number of rotatable bonds is 44. The largest absolute Gasteiger partial charge is 0.462 e. The zero-order valence-electron chi connectivity index (χ0n) is 40.3. The fraction of sp³-hybridized carbons (Fsp3) is 0.586. The molecule has 0 aliphatic rings. The molecule has 0 amide bonds. The Morgan fingerprint density at radius 1 is 0.381 bits per heavy atom. The van der Waals surface area contributed by atoms with Gasteiger partial charge in [0.25, 0.3) is 0 Å². The SMILES string of the molecule is CC/C=C\C/C=C\C/C=C\C/C=C\C/C=C\C/C=C\C/C=C\C/C=C\C/C=C\C/C=C\CCCCCCCCCCC(=O)OC(CO)COC(=O)CCCCCCC/C=C\CCC. The van der Waals surface area contributed by atoms with Crippen LogP contribution in [0.5, 0.6) is 0 Å². The van der Waals surface area contributed by atoms with Crippen LogP contribution in [0.1, 0.15) is 200 Å². The average molecular weight is 869 g/mol. The van der Waals surface area contributed by atoms with Gasteiger partial charge in [0, 0.05) is 12.8 Å². The highest BCUT2D eigenvalue weighted by Gasteiger charge is 2.16. The number of carbonyl (C=O) groups excluding carboxylic acids is 2. The lowest BCUT2D eigenvalue weighted by molar-refractivity contribution is -0.161. The zero-order chi connectivity index (χ0) is 45.6. The van der Waals surface area contributed by atoms with E-state index in [1.807, 2.05) is 0 Å². The number of ether oxygens (including phenoxy) is 2. The molecule has 1 unspecified atom stereocenters. The summed E-state index contributed by atoms with van der Waals surface area (Å²) < 4.78 is 10.6. The minimum absolute atomic E-state index is 0.0807. The van der Waals surface area contributed by atoms with Crippen molar-refractivity contribution in [3.05, 3.63) is 134 Å². The second kappa shape index (κ2) is 52.4. The van der Waals surface area contributed by atoms with E-state index < -0.39 is 6.10 Å². The third-order valence-electron chi connectivity index (χ3n) is 10.2. The van der Waals surface area contributed by atoms with Gasteiger partial charge in [-0.05, 0) is 109 Å². The molecule has 0 aromatic rings. The monoisotopic (exact) mass is 869 g/mol. The van der Waals surface area contributed by atoms with Crippen molar-refractivity contribution in [1.29, 1.82) is 0 Å². The van der Waals surface area contributed by atoms with Crippen LogP contribution in [0.4, 0.5) is 0 Å². The van der Waals surface area contributed by atoms with Crippen LogP contribution in [-0.2, 0) is 19.1 Å². The molecule has 1 atom stereocenters. The number of hydrogen-bond donors (Lipinski definition) is 1. The van der Waals surface area contributed by atoms with Gasteiger partial charge in [-0.3, -0.25) is 9.59 Å². The first-order valence-electron chi connectivity index (χ1n) is 25.2. The Hall–Kier alpha value is -3.96. The van der Waals surface area contributed by atoms with Crippen LogP contribution in [0.15, 0.2) is 134 Å². The fourth-order valence-corrected chi connectivity index (χ4v) is 6.41. The van der Waals surface area contributed by atoms with Crippen LogP contribution in [0.3, 0.4) is 0 Å². The minimum Gasteiger partial charge on any atom is -0.462 e. The Labute approximate surface area is 387 Å². The molecule has 0 radical (unpaired) electrons. The first-order valence-corrected chi connectivity index (χ1v) is 25.2. The molecule has 5 heteroatoms. The van der Waals surface area contributed by atoms with Gasteiger partial charge in [0.1, 0.15) is 6.61 Å². The van der Waals surface area contributed by atoms with Crippen LogP contribution >= 0.6 is 0 Å². The molecule has 0 spiro atoms. The van der Waals surface area contributed by atoms with Crippen molar-refractivity contribution in [2.45, 2.75) is 206 Å². The molecule has 0 fully saturated rings. The van der Waals surface area contributed by atoms with Gasteiger partial charge in [-0.25, -0.2) is 0 Å². The normalized spacial score (nSPS) is 13.4. The maximum Gasteiger partial charge on any atom is 0.306 e. The van der Waals surface area contributed by atoms with E-state index >= 15 is 0 Å². The summed E-state index contributed by atoms with van der Waals surface area (Å²) in [5, 5.41) is 9.57. The molecule has 0 saturated carbocycles. The van der Waals surface area contributed by atoms with E-state index in [0.29, 0.717) is 12.8 Å². The third kappa shape index (κ3) is 50.6. The van der Waals surface area contributed by atoms with Crippen molar-refractivity contribution < 1.29 is 24.2 Å². The molecule has 5 nitrogen and oxygen atoms in total. The van der Waals surface area contributed by atoms with Gasteiger partial charge in [0.05, 0.1) is 6.61 Å². The summed E-state index contributed by atoms with van der Waals surface area (Å²) in [7, 11) is 0. The van der Waals surface area contributed by atoms with Crippen molar-refractivity contribution in [2.75, 3.05) is 13.2 Å². The molecule has 0 saturated heterocycles. The van der Waals surface area contributed by atoms with Gasteiger partial charge in [-0.2, -0.15) is 0 Å². The predicted octanol–water partition coefficient (Wildman–Crippen LogP) is 16.9. The number of esters is 2.